The van der Waals surface area contributed by atoms with Crippen LogP contribution >= 0.6 is 0 Å². The van der Waals surface area contributed by atoms with Crippen LogP contribution in [-0.4, -0.2) is 38.7 Å². The molecule has 3 N–H and O–H groups in total. The number of methoxy groups -OCH3 is 1. The fraction of sp³-hybridized carbons (Fsp3) is 0.154. The number of benzene rings is 1. The van der Waals surface area contributed by atoms with E-state index in [0.29, 0.717) is 5.69 Å². The molecular weight excluding hydrogens is 320 g/mol. The van der Waals surface area contributed by atoms with Crippen molar-refractivity contribution in [3.05, 3.63) is 34.9 Å². The Morgan fingerprint density at radius 1 is 1.42 bits per heavy atom. The number of nitrogen functional groups attached to an aromatic ring is 1. The fourth-order valence-corrected chi connectivity index (χ4v) is 2.07. The molecule has 3 rings (SSSR count). The van der Waals surface area contributed by atoms with E-state index in [1.165, 1.54) is 25.4 Å². The standard InChI is InChI=1S/C13H12N6O5/c1-23-12(21)15-10-5-18(17-16-10)6-11(20)19-8-4-7(14)2-3-9(8)24-13(19)22/h2-5H,6,14H2,1H3,(H,15,21). The maximum atomic E-state index is 12.4. The first kappa shape index (κ1) is 15.3. The zero-order valence-corrected chi connectivity index (χ0v) is 12.4. The van der Waals surface area contributed by atoms with Crippen LogP contribution in [0.4, 0.5) is 16.3 Å². The number of nitrogens with one attached hydrogen (secondary N) is 1. The van der Waals surface area contributed by atoms with Crippen LogP contribution in [0.25, 0.3) is 11.1 Å². The van der Waals surface area contributed by atoms with Crippen LogP contribution in [0.2, 0.25) is 0 Å². The van der Waals surface area contributed by atoms with Crippen molar-refractivity contribution in [2.45, 2.75) is 6.54 Å². The Labute approximate surface area is 133 Å². The third kappa shape index (κ3) is 2.82. The topological polar surface area (TPSA) is 147 Å². The van der Waals surface area contributed by atoms with E-state index in [9.17, 15) is 14.4 Å². The molecule has 1 amide bonds. The number of fused-ring (bicyclic) bond motifs is 1. The van der Waals surface area contributed by atoms with Gasteiger partial charge in [0.2, 0.25) is 0 Å². The second-order valence-corrected chi connectivity index (χ2v) is 4.74. The summed E-state index contributed by atoms with van der Waals surface area (Å²) in [5, 5.41) is 9.64. The van der Waals surface area contributed by atoms with Crippen LogP contribution in [0.3, 0.4) is 0 Å². The number of nitrogens with two attached hydrogens (primary N) is 1. The lowest BCUT2D eigenvalue weighted by atomic mass is 10.3. The molecule has 3 aromatic rings. The van der Waals surface area contributed by atoms with E-state index in [1.54, 1.807) is 6.07 Å². The van der Waals surface area contributed by atoms with Crippen LogP contribution in [0.15, 0.2) is 33.6 Å². The molecule has 24 heavy (non-hydrogen) atoms. The highest BCUT2D eigenvalue weighted by atomic mass is 16.5. The summed E-state index contributed by atoms with van der Waals surface area (Å²) >= 11 is 0. The van der Waals surface area contributed by atoms with Crippen LogP contribution < -0.4 is 16.8 Å². The first-order chi connectivity index (χ1) is 11.5. The summed E-state index contributed by atoms with van der Waals surface area (Å²) in [4.78, 5) is 35.3. The van der Waals surface area contributed by atoms with Gasteiger partial charge in [-0.2, -0.15) is 0 Å². The van der Waals surface area contributed by atoms with Crippen molar-refractivity contribution >= 4 is 34.6 Å². The second kappa shape index (κ2) is 5.87. The predicted molar refractivity (Wildman–Crippen MR) is 81.6 cm³/mol. The summed E-state index contributed by atoms with van der Waals surface area (Å²) in [5.41, 5.74) is 6.56. The van der Waals surface area contributed by atoms with Crippen molar-refractivity contribution in [2.24, 2.45) is 0 Å². The summed E-state index contributed by atoms with van der Waals surface area (Å²) in [6.45, 7) is -0.292. The van der Waals surface area contributed by atoms with Gasteiger partial charge < -0.3 is 14.9 Å². The van der Waals surface area contributed by atoms with E-state index in [2.05, 4.69) is 20.4 Å². The predicted octanol–water partition coefficient (Wildman–Crippen LogP) is 0.287. The Morgan fingerprint density at radius 3 is 2.96 bits per heavy atom. The van der Waals surface area contributed by atoms with Crippen LogP contribution in [0.5, 0.6) is 0 Å². The van der Waals surface area contributed by atoms with E-state index >= 15 is 0 Å². The zero-order valence-electron chi connectivity index (χ0n) is 12.4. The number of rotatable bonds is 3. The van der Waals surface area contributed by atoms with Crippen molar-refractivity contribution in [1.29, 1.82) is 0 Å². The summed E-state index contributed by atoms with van der Waals surface area (Å²) in [5.74, 6) is -1.32. The maximum Gasteiger partial charge on any atom is 0.426 e. The minimum absolute atomic E-state index is 0.100. The largest absolute Gasteiger partial charge is 0.453 e. The lowest BCUT2D eigenvalue weighted by molar-refractivity contribution is 0.0882. The van der Waals surface area contributed by atoms with Crippen LogP contribution in [0, 0.1) is 0 Å². The monoisotopic (exact) mass is 332 g/mol. The third-order valence-corrected chi connectivity index (χ3v) is 3.10. The molecule has 0 saturated heterocycles. The number of amides is 1. The summed E-state index contributed by atoms with van der Waals surface area (Å²) in [6.07, 6.45) is 0.595. The molecule has 0 atom stereocenters. The van der Waals surface area contributed by atoms with Gasteiger partial charge in [-0.3, -0.25) is 10.1 Å². The molecule has 0 unspecified atom stereocenters. The van der Waals surface area contributed by atoms with Crippen LogP contribution in [-0.2, 0) is 11.3 Å². The minimum Gasteiger partial charge on any atom is -0.453 e. The molecule has 0 fully saturated rings. The lowest BCUT2D eigenvalue weighted by Crippen LogP contribution is -2.26. The SMILES string of the molecule is COC(=O)Nc1cn(CC(=O)n2c(=O)oc3ccc(N)cc32)nn1. The van der Waals surface area contributed by atoms with E-state index in [-0.39, 0.29) is 23.5 Å². The average molecular weight is 332 g/mol. The average Bonchev–Trinajstić information content (AvgIpc) is 3.10. The molecular formula is C13H12N6O5. The fourth-order valence-electron chi connectivity index (χ4n) is 2.07. The Hall–Kier alpha value is -3.63. The van der Waals surface area contributed by atoms with Crippen molar-refractivity contribution in [3.8, 4) is 0 Å². The summed E-state index contributed by atoms with van der Waals surface area (Å²) in [6, 6.07) is 4.52. The summed E-state index contributed by atoms with van der Waals surface area (Å²) in [7, 11) is 1.20. The minimum atomic E-state index is -0.825. The van der Waals surface area contributed by atoms with Gasteiger partial charge in [-0.1, -0.05) is 5.21 Å². The first-order valence-electron chi connectivity index (χ1n) is 6.67. The molecule has 0 radical (unpaired) electrons. The molecule has 0 aliphatic heterocycles. The van der Waals surface area contributed by atoms with Crippen molar-refractivity contribution < 1.29 is 18.7 Å². The Bertz CT molecular complexity index is 984. The quantitative estimate of drug-likeness (QED) is 0.650. The Balaban J connectivity index is 1.85. The first-order valence-corrected chi connectivity index (χ1v) is 6.67. The van der Waals surface area contributed by atoms with E-state index in [4.69, 9.17) is 10.2 Å². The van der Waals surface area contributed by atoms with Gasteiger partial charge in [-0.05, 0) is 18.2 Å². The summed E-state index contributed by atoms with van der Waals surface area (Å²) < 4.78 is 11.4. The number of aromatic nitrogens is 4. The van der Waals surface area contributed by atoms with E-state index in [0.717, 1.165) is 9.25 Å². The number of anilines is 2. The molecule has 0 bridgehead atoms. The molecule has 0 spiro atoms. The smallest absolute Gasteiger partial charge is 0.426 e. The van der Waals surface area contributed by atoms with Gasteiger partial charge >= 0.3 is 11.8 Å². The number of oxazole rings is 1. The van der Waals surface area contributed by atoms with Crippen LogP contribution in [0.1, 0.15) is 4.79 Å². The van der Waals surface area contributed by atoms with Gasteiger partial charge in [-0.15, -0.1) is 5.10 Å². The maximum absolute atomic E-state index is 12.4. The van der Waals surface area contributed by atoms with Gasteiger partial charge in [0.25, 0.3) is 5.91 Å². The zero-order chi connectivity index (χ0) is 17.3. The normalized spacial score (nSPS) is 10.7. The van der Waals surface area contributed by atoms with E-state index < -0.39 is 17.8 Å². The highest BCUT2D eigenvalue weighted by Crippen LogP contribution is 2.16. The van der Waals surface area contributed by atoms with Crippen molar-refractivity contribution in [1.82, 2.24) is 19.6 Å². The molecule has 0 aliphatic carbocycles. The number of ether oxygens (including phenoxy) is 1. The number of carbonyl (C=O) groups excluding carboxylic acids is 2. The lowest BCUT2D eigenvalue weighted by Gasteiger charge is -2.01. The molecule has 2 heterocycles. The van der Waals surface area contributed by atoms with Gasteiger partial charge in [-0.25, -0.2) is 18.8 Å². The highest BCUT2D eigenvalue weighted by molar-refractivity contribution is 5.90. The Kier molecular flexibility index (Phi) is 3.74. The van der Waals surface area contributed by atoms with Gasteiger partial charge in [0.1, 0.15) is 12.1 Å². The van der Waals surface area contributed by atoms with Gasteiger partial charge in [0.15, 0.2) is 11.4 Å². The van der Waals surface area contributed by atoms with Crippen molar-refractivity contribution in [2.75, 3.05) is 18.2 Å². The van der Waals surface area contributed by atoms with E-state index in [1.807, 2.05) is 0 Å². The second-order valence-electron chi connectivity index (χ2n) is 4.74. The molecule has 1 aromatic carbocycles. The number of hydrogen-bond acceptors (Lipinski definition) is 8. The third-order valence-electron chi connectivity index (χ3n) is 3.10. The number of nitrogens with zero attached hydrogens (tertiary/aromatic N) is 4. The number of hydrogen-bond donors (Lipinski definition) is 2. The van der Waals surface area contributed by atoms with Crippen molar-refractivity contribution in [3.63, 3.8) is 0 Å². The Morgan fingerprint density at radius 2 is 2.21 bits per heavy atom. The highest BCUT2D eigenvalue weighted by Gasteiger charge is 2.17. The molecule has 124 valence electrons. The van der Waals surface area contributed by atoms with Gasteiger partial charge in [0.05, 0.1) is 13.3 Å². The molecule has 11 heteroatoms. The van der Waals surface area contributed by atoms with Gasteiger partial charge in [0, 0.05) is 5.69 Å². The molecule has 0 aliphatic rings. The molecule has 0 saturated carbocycles. The molecule has 11 nitrogen and oxygen atoms in total. The number of carbonyl (C=O) groups is 2. The molecule has 2 aromatic heterocycles.